The number of carbonyl (C=O) groups excluding carboxylic acids is 1. The molecule has 23 heavy (non-hydrogen) atoms. The van der Waals surface area contributed by atoms with Crippen molar-refractivity contribution in [1.29, 1.82) is 0 Å². The summed E-state index contributed by atoms with van der Waals surface area (Å²) < 4.78 is 0. The topological polar surface area (TPSA) is 82.2 Å². The van der Waals surface area contributed by atoms with E-state index in [1.807, 2.05) is 30.1 Å². The zero-order valence-electron chi connectivity index (χ0n) is 13.2. The molecular formula is C16H19N5O2. The summed E-state index contributed by atoms with van der Waals surface area (Å²) in [5, 5.41) is 0. The molecule has 2 aromatic heterocycles. The molecule has 0 radical (unpaired) electrons. The van der Waals surface area contributed by atoms with Gasteiger partial charge in [0.05, 0.1) is 36.6 Å². The Morgan fingerprint density at radius 3 is 2.96 bits per heavy atom. The van der Waals surface area contributed by atoms with Crippen LogP contribution in [0.2, 0.25) is 0 Å². The third-order valence-electron chi connectivity index (χ3n) is 3.83. The molecule has 7 heteroatoms. The number of amides is 1. The molecule has 2 aromatic rings. The predicted molar refractivity (Wildman–Crippen MR) is 84.4 cm³/mol. The summed E-state index contributed by atoms with van der Waals surface area (Å²) in [5.74, 6) is 0.564. The summed E-state index contributed by atoms with van der Waals surface area (Å²) in [6.45, 7) is 3.35. The van der Waals surface area contributed by atoms with Crippen molar-refractivity contribution in [1.82, 2.24) is 24.8 Å². The van der Waals surface area contributed by atoms with Crippen molar-refractivity contribution in [3.63, 3.8) is 0 Å². The van der Waals surface area contributed by atoms with Crippen molar-refractivity contribution >= 4 is 5.91 Å². The number of carbonyl (C=O) groups is 1. The summed E-state index contributed by atoms with van der Waals surface area (Å²) in [4.78, 5) is 39.2. The molecule has 0 aromatic carbocycles. The molecular weight excluding hydrogens is 294 g/mol. The van der Waals surface area contributed by atoms with E-state index in [9.17, 15) is 9.59 Å². The quantitative estimate of drug-likeness (QED) is 0.886. The predicted octanol–water partition coefficient (Wildman–Crippen LogP) is 0.448. The second-order valence-electron chi connectivity index (χ2n) is 5.82. The van der Waals surface area contributed by atoms with Gasteiger partial charge in [0, 0.05) is 12.7 Å². The van der Waals surface area contributed by atoms with Crippen LogP contribution in [0.5, 0.6) is 0 Å². The average molecular weight is 313 g/mol. The van der Waals surface area contributed by atoms with Gasteiger partial charge < -0.3 is 9.88 Å². The molecule has 1 N–H and O–H groups in total. The lowest BCUT2D eigenvalue weighted by Crippen LogP contribution is -2.36. The van der Waals surface area contributed by atoms with E-state index in [1.54, 1.807) is 18.0 Å². The van der Waals surface area contributed by atoms with Crippen molar-refractivity contribution in [3.05, 3.63) is 57.5 Å². The van der Waals surface area contributed by atoms with Gasteiger partial charge in [-0.25, -0.2) is 4.98 Å². The lowest BCUT2D eigenvalue weighted by Gasteiger charge is -2.20. The van der Waals surface area contributed by atoms with Gasteiger partial charge in [-0.1, -0.05) is 6.07 Å². The smallest absolute Gasteiger partial charge is 0.256 e. The van der Waals surface area contributed by atoms with Crippen molar-refractivity contribution in [2.45, 2.75) is 26.6 Å². The minimum Gasteiger partial charge on any atom is -0.331 e. The molecule has 0 saturated heterocycles. The number of nitrogens with one attached hydrogen (secondary N) is 1. The maximum Gasteiger partial charge on any atom is 0.256 e. The highest BCUT2D eigenvalue weighted by Gasteiger charge is 2.27. The number of hydrogen-bond donors (Lipinski definition) is 1. The molecule has 0 spiro atoms. The summed E-state index contributed by atoms with van der Waals surface area (Å²) in [7, 11) is 1.88. The number of aromatic nitrogens is 3. The molecule has 3 rings (SSSR count). The van der Waals surface area contributed by atoms with Crippen LogP contribution in [0.4, 0.5) is 0 Å². The highest BCUT2D eigenvalue weighted by molar-refractivity contribution is 5.78. The Kier molecular flexibility index (Phi) is 4.20. The number of hydrogen-bond acceptors (Lipinski definition) is 5. The molecule has 7 nitrogen and oxygen atoms in total. The van der Waals surface area contributed by atoms with Gasteiger partial charge >= 0.3 is 0 Å². The van der Waals surface area contributed by atoms with E-state index >= 15 is 0 Å². The van der Waals surface area contributed by atoms with Crippen LogP contribution in [-0.4, -0.2) is 44.3 Å². The second-order valence-corrected chi connectivity index (χ2v) is 5.82. The van der Waals surface area contributed by atoms with Crippen LogP contribution < -0.4 is 5.56 Å². The first-order chi connectivity index (χ1) is 11.0. The van der Waals surface area contributed by atoms with Crippen LogP contribution in [0.1, 0.15) is 22.8 Å². The number of rotatable bonds is 4. The first kappa shape index (κ1) is 15.4. The van der Waals surface area contributed by atoms with Gasteiger partial charge in [0.25, 0.3) is 5.56 Å². The van der Waals surface area contributed by atoms with Crippen LogP contribution in [0.15, 0.2) is 29.2 Å². The van der Waals surface area contributed by atoms with E-state index in [0.717, 1.165) is 5.69 Å². The van der Waals surface area contributed by atoms with Crippen molar-refractivity contribution < 1.29 is 4.79 Å². The van der Waals surface area contributed by atoms with E-state index in [2.05, 4.69) is 15.0 Å². The molecule has 1 aliphatic heterocycles. The Morgan fingerprint density at radius 1 is 1.39 bits per heavy atom. The van der Waals surface area contributed by atoms with Crippen molar-refractivity contribution in [2.75, 3.05) is 13.6 Å². The Labute approximate surface area is 134 Å². The van der Waals surface area contributed by atoms with Gasteiger partial charge in [-0.2, -0.15) is 0 Å². The monoisotopic (exact) mass is 313 g/mol. The van der Waals surface area contributed by atoms with Gasteiger partial charge in [0.1, 0.15) is 5.82 Å². The molecule has 0 saturated carbocycles. The van der Waals surface area contributed by atoms with Gasteiger partial charge in [-0.05, 0) is 26.1 Å². The molecule has 120 valence electrons. The van der Waals surface area contributed by atoms with Crippen LogP contribution in [-0.2, 0) is 24.4 Å². The first-order valence-corrected chi connectivity index (χ1v) is 7.48. The number of aryl methyl sites for hydroxylation is 1. The largest absolute Gasteiger partial charge is 0.331 e. The highest BCUT2D eigenvalue weighted by Crippen LogP contribution is 2.17. The van der Waals surface area contributed by atoms with Gasteiger partial charge in [-0.15, -0.1) is 0 Å². The van der Waals surface area contributed by atoms with E-state index in [-0.39, 0.29) is 18.0 Å². The van der Waals surface area contributed by atoms with Crippen LogP contribution in [0, 0.1) is 6.92 Å². The minimum atomic E-state index is -0.148. The molecule has 0 unspecified atom stereocenters. The van der Waals surface area contributed by atoms with E-state index in [4.69, 9.17) is 0 Å². The van der Waals surface area contributed by atoms with Gasteiger partial charge in [0.2, 0.25) is 5.91 Å². The number of fused-ring (bicyclic) bond motifs is 1. The van der Waals surface area contributed by atoms with E-state index < -0.39 is 0 Å². The maximum absolute atomic E-state index is 12.4. The van der Waals surface area contributed by atoms with Crippen LogP contribution in [0.3, 0.4) is 0 Å². The van der Waals surface area contributed by atoms with Crippen LogP contribution >= 0.6 is 0 Å². The number of pyridine rings is 1. The zero-order chi connectivity index (χ0) is 16.4. The SMILES string of the molecule is Cc1nc2c(c(=O)[nH]1)CN(C(=O)CN(C)Cc1ccccn1)C2. The summed E-state index contributed by atoms with van der Waals surface area (Å²) in [6, 6.07) is 5.72. The van der Waals surface area contributed by atoms with Crippen molar-refractivity contribution in [3.8, 4) is 0 Å². The standard InChI is InChI=1S/C16H19N5O2/c1-11-18-14-9-21(8-13(14)16(23)19-11)15(22)10-20(2)7-12-5-3-4-6-17-12/h3-6H,7-10H2,1-2H3,(H,18,19,23). The van der Waals surface area contributed by atoms with Crippen LogP contribution in [0.25, 0.3) is 0 Å². The molecule has 0 aliphatic carbocycles. The Morgan fingerprint density at radius 2 is 2.22 bits per heavy atom. The van der Waals surface area contributed by atoms with E-state index in [1.165, 1.54) is 0 Å². The summed E-state index contributed by atoms with van der Waals surface area (Å²) in [5.41, 5.74) is 2.06. The molecule has 0 atom stereocenters. The lowest BCUT2D eigenvalue weighted by atomic mass is 10.3. The number of H-pyrrole nitrogens is 1. The van der Waals surface area contributed by atoms with E-state index in [0.29, 0.717) is 36.7 Å². The van der Waals surface area contributed by atoms with Crippen molar-refractivity contribution in [2.24, 2.45) is 0 Å². The molecule has 0 bridgehead atoms. The molecule has 3 heterocycles. The second kappa shape index (κ2) is 6.29. The molecule has 1 amide bonds. The first-order valence-electron chi connectivity index (χ1n) is 7.48. The fraction of sp³-hybridized carbons (Fsp3) is 0.375. The summed E-state index contributed by atoms with van der Waals surface area (Å²) in [6.07, 6.45) is 1.74. The zero-order valence-corrected chi connectivity index (χ0v) is 13.2. The molecule has 0 fully saturated rings. The normalized spacial score (nSPS) is 13.4. The highest BCUT2D eigenvalue weighted by atomic mass is 16.2. The number of likely N-dealkylation sites (N-methyl/N-ethyl adjacent to an activating group) is 1. The third-order valence-corrected chi connectivity index (χ3v) is 3.83. The van der Waals surface area contributed by atoms with Gasteiger partial charge in [0.15, 0.2) is 0 Å². The fourth-order valence-corrected chi connectivity index (χ4v) is 2.72. The molecule has 1 aliphatic rings. The number of nitrogens with zero attached hydrogens (tertiary/aromatic N) is 4. The summed E-state index contributed by atoms with van der Waals surface area (Å²) >= 11 is 0. The fourth-order valence-electron chi connectivity index (χ4n) is 2.72. The lowest BCUT2D eigenvalue weighted by molar-refractivity contribution is -0.132. The van der Waals surface area contributed by atoms with Gasteiger partial charge in [-0.3, -0.25) is 19.5 Å². The number of aromatic amines is 1. The average Bonchev–Trinajstić information content (AvgIpc) is 2.92. The Bertz CT molecular complexity index is 772. The maximum atomic E-state index is 12.4. The third kappa shape index (κ3) is 3.45. The Balaban J connectivity index is 1.62. The Hall–Kier alpha value is -2.54. The minimum absolute atomic E-state index is 0.0153.